The summed E-state index contributed by atoms with van der Waals surface area (Å²) in [5.74, 6) is 1.02. The second-order valence-electron chi connectivity index (χ2n) is 6.91. The normalized spacial score (nSPS) is 19.7. The lowest BCUT2D eigenvalue weighted by Gasteiger charge is -2.32. The third-order valence-corrected chi connectivity index (χ3v) is 5.68. The first-order valence-corrected chi connectivity index (χ1v) is 9.41. The highest BCUT2D eigenvalue weighted by Crippen LogP contribution is 2.28. The van der Waals surface area contributed by atoms with Gasteiger partial charge in [0, 0.05) is 29.3 Å². The first-order valence-electron chi connectivity index (χ1n) is 8.62. The molecular formula is C18H26BrN3O. The minimum absolute atomic E-state index is 0.0797. The first-order chi connectivity index (χ1) is 11.1. The van der Waals surface area contributed by atoms with Crippen LogP contribution in [-0.4, -0.2) is 43.0 Å². The van der Waals surface area contributed by atoms with Crippen LogP contribution in [0.15, 0.2) is 22.7 Å². The molecule has 2 fully saturated rings. The Bertz CT molecular complexity index is 551. The molecule has 1 saturated heterocycles. The first kappa shape index (κ1) is 16.9. The molecule has 0 bridgehead atoms. The number of hydrogen-bond acceptors (Lipinski definition) is 3. The summed E-state index contributed by atoms with van der Waals surface area (Å²) >= 11 is 3.48. The predicted molar refractivity (Wildman–Crippen MR) is 97.7 cm³/mol. The molecule has 2 N–H and O–H groups in total. The third-order valence-electron chi connectivity index (χ3n) is 4.79. The van der Waals surface area contributed by atoms with Crippen molar-refractivity contribution in [3.05, 3.63) is 28.2 Å². The van der Waals surface area contributed by atoms with Crippen LogP contribution < -0.4 is 10.6 Å². The predicted octanol–water partition coefficient (Wildman–Crippen LogP) is 3.16. The number of likely N-dealkylation sites (tertiary alicyclic amines) is 1. The van der Waals surface area contributed by atoms with Crippen molar-refractivity contribution >= 4 is 27.5 Å². The molecule has 0 spiro atoms. The topological polar surface area (TPSA) is 44.4 Å². The number of aryl methyl sites for hydroxylation is 1. The molecule has 1 saturated carbocycles. The van der Waals surface area contributed by atoms with Crippen molar-refractivity contribution < 1.29 is 4.79 Å². The number of nitrogens with one attached hydrogen (secondary N) is 2. The summed E-state index contributed by atoms with van der Waals surface area (Å²) < 4.78 is 1.07. The fraction of sp³-hybridized carbons (Fsp3) is 0.611. The van der Waals surface area contributed by atoms with Gasteiger partial charge in [-0.3, -0.25) is 9.69 Å². The van der Waals surface area contributed by atoms with E-state index in [2.05, 4.69) is 31.5 Å². The zero-order chi connectivity index (χ0) is 16.2. The molecule has 23 heavy (non-hydrogen) atoms. The van der Waals surface area contributed by atoms with Crippen LogP contribution in [0, 0.1) is 12.8 Å². The van der Waals surface area contributed by atoms with E-state index in [0.29, 0.717) is 12.6 Å². The van der Waals surface area contributed by atoms with E-state index >= 15 is 0 Å². The standard InChI is InChI=1S/C18H26BrN3O/c1-13-10-16(4-5-17(13)19)21-18(23)12-22-8-6-15(7-9-22)20-11-14-2-3-14/h4-5,10,14-15,20H,2-3,6-9,11-12H2,1H3,(H,21,23). The third kappa shape index (κ3) is 5.30. The molecule has 1 aliphatic carbocycles. The summed E-state index contributed by atoms with van der Waals surface area (Å²) in [6.45, 7) is 5.72. The number of amides is 1. The van der Waals surface area contributed by atoms with Crippen LogP contribution in [0.5, 0.6) is 0 Å². The Hall–Kier alpha value is -0.910. The molecule has 0 aromatic heterocycles. The average molecular weight is 380 g/mol. The number of piperidine rings is 1. The Labute approximate surface area is 147 Å². The summed E-state index contributed by atoms with van der Waals surface area (Å²) in [6, 6.07) is 6.55. The van der Waals surface area contributed by atoms with Gasteiger partial charge in [-0.1, -0.05) is 15.9 Å². The van der Waals surface area contributed by atoms with E-state index in [9.17, 15) is 4.79 Å². The van der Waals surface area contributed by atoms with E-state index in [-0.39, 0.29) is 5.91 Å². The number of nitrogens with zero attached hydrogens (tertiary/aromatic N) is 1. The monoisotopic (exact) mass is 379 g/mol. The lowest BCUT2D eigenvalue weighted by atomic mass is 10.0. The Kier molecular flexibility index (Phi) is 5.72. The zero-order valence-corrected chi connectivity index (χ0v) is 15.4. The summed E-state index contributed by atoms with van der Waals surface area (Å²) in [5, 5.41) is 6.68. The van der Waals surface area contributed by atoms with E-state index in [4.69, 9.17) is 0 Å². The lowest BCUT2D eigenvalue weighted by molar-refractivity contribution is -0.117. The summed E-state index contributed by atoms with van der Waals surface area (Å²) in [5.41, 5.74) is 2.00. The smallest absolute Gasteiger partial charge is 0.238 e. The SMILES string of the molecule is Cc1cc(NC(=O)CN2CCC(NCC3CC3)CC2)ccc1Br. The number of carbonyl (C=O) groups is 1. The van der Waals surface area contributed by atoms with Gasteiger partial charge in [0.25, 0.3) is 0 Å². The van der Waals surface area contributed by atoms with Crippen LogP contribution >= 0.6 is 15.9 Å². The molecule has 0 radical (unpaired) electrons. The Morgan fingerprint density at radius 1 is 1.26 bits per heavy atom. The van der Waals surface area contributed by atoms with Crippen LogP contribution in [0.4, 0.5) is 5.69 Å². The van der Waals surface area contributed by atoms with Gasteiger partial charge in [0.05, 0.1) is 6.54 Å². The molecule has 1 aromatic rings. The molecule has 126 valence electrons. The number of benzene rings is 1. The summed E-state index contributed by atoms with van der Waals surface area (Å²) in [6.07, 6.45) is 5.11. The van der Waals surface area contributed by atoms with E-state index in [1.807, 2.05) is 25.1 Å². The number of hydrogen-bond donors (Lipinski definition) is 2. The van der Waals surface area contributed by atoms with Crippen LogP contribution in [-0.2, 0) is 4.79 Å². The van der Waals surface area contributed by atoms with Crippen LogP contribution in [0.3, 0.4) is 0 Å². The van der Waals surface area contributed by atoms with E-state index in [1.54, 1.807) is 0 Å². The number of halogens is 1. The minimum Gasteiger partial charge on any atom is -0.325 e. The highest BCUT2D eigenvalue weighted by Gasteiger charge is 2.24. The molecule has 4 nitrogen and oxygen atoms in total. The largest absolute Gasteiger partial charge is 0.325 e. The Morgan fingerprint density at radius 2 is 2.00 bits per heavy atom. The van der Waals surface area contributed by atoms with E-state index in [0.717, 1.165) is 47.6 Å². The maximum Gasteiger partial charge on any atom is 0.238 e. The fourth-order valence-electron chi connectivity index (χ4n) is 3.08. The molecular weight excluding hydrogens is 354 g/mol. The van der Waals surface area contributed by atoms with Gasteiger partial charge >= 0.3 is 0 Å². The van der Waals surface area contributed by atoms with Crippen LogP contribution in [0.1, 0.15) is 31.2 Å². The molecule has 1 heterocycles. The fourth-order valence-corrected chi connectivity index (χ4v) is 3.32. The van der Waals surface area contributed by atoms with Crippen molar-refractivity contribution in [3.63, 3.8) is 0 Å². The number of carbonyl (C=O) groups excluding carboxylic acids is 1. The van der Waals surface area contributed by atoms with Gasteiger partial charge in [0.1, 0.15) is 0 Å². The van der Waals surface area contributed by atoms with Crippen LogP contribution in [0.25, 0.3) is 0 Å². The molecule has 5 heteroatoms. The molecule has 0 atom stereocenters. The van der Waals surface area contributed by atoms with Gasteiger partial charge in [0.15, 0.2) is 0 Å². The molecule has 0 unspecified atom stereocenters. The highest BCUT2D eigenvalue weighted by molar-refractivity contribution is 9.10. The molecule has 1 aromatic carbocycles. The minimum atomic E-state index is 0.0797. The second kappa shape index (κ2) is 7.77. The number of rotatable bonds is 6. The van der Waals surface area contributed by atoms with Crippen molar-refractivity contribution in [3.8, 4) is 0 Å². The maximum atomic E-state index is 12.2. The van der Waals surface area contributed by atoms with E-state index in [1.165, 1.54) is 19.4 Å². The summed E-state index contributed by atoms with van der Waals surface area (Å²) in [7, 11) is 0. The Balaban J connectivity index is 1.39. The molecule has 1 aliphatic heterocycles. The van der Waals surface area contributed by atoms with Gasteiger partial charge in [-0.05, 0) is 68.8 Å². The van der Waals surface area contributed by atoms with Crippen molar-refractivity contribution in [2.75, 3.05) is 31.5 Å². The maximum absolute atomic E-state index is 12.2. The second-order valence-corrected chi connectivity index (χ2v) is 7.77. The molecule has 1 amide bonds. The van der Waals surface area contributed by atoms with Crippen molar-refractivity contribution in [2.45, 2.75) is 38.6 Å². The lowest BCUT2D eigenvalue weighted by Crippen LogP contribution is -2.45. The quantitative estimate of drug-likeness (QED) is 0.797. The average Bonchev–Trinajstić information content (AvgIpc) is 3.34. The molecule has 2 aliphatic rings. The zero-order valence-electron chi connectivity index (χ0n) is 13.8. The Morgan fingerprint density at radius 3 is 2.65 bits per heavy atom. The van der Waals surface area contributed by atoms with Gasteiger partial charge in [-0.25, -0.2) is 0 Å². The van der Waals surface area contributed by atoms with Gasteiger partial charge in [-0.2, -0.15) is 0 Å². The van der Waals surface area contributed by atoms with Gasteiger partial charge in [-0.15, -0.1) is 0 Å². The summed E-state index contributed by atoms with van der Waals surface area (Å²) in [4.78, 5) is 14.5. The van der Waals surface area contributed by atoms with E-state index < -0.39 is 0 Å². The van der Waals surface area contributed by atoms with Crippen molar-refractivity contribution in [1.29, 1.82) is 0 Å². The van der Waals surface area contributed by atoms with Gasteiger partial charge < -0.3 is 10.6 Å². The van der Waals surface area contributed by atoms with Crippen LogP contribution in [0.2, 0.25) is 0 Å². The van der Waals surface area contributed by atoms with Crippen molar-refractivity contribution in [2.24, 2.45) is 5.92 Å². The van der Waals surface area contributed by atoms with Gasteiger partial charge in [0.2, 0.25) is 5.91 Å². The van der Waals surface area contributed by atoms with Crippen molar-refractivity contribution in [1.82, 2.24) is 10.2 Å². The number of anilines is 1. The highest BCUT2D eigenvalue weighted by atomic mass is 79.9. The molecule has 3 rings (SSSR count).